The van der Waals surface area contributed by atoms with E-state index in [-0.39, 0.29) is 30.3 Å². The van der Waals surface area contributed by atoms with E-state index in [1.165, 1.54) is 0 Å². The van der Waals surface area contributed by atoms with Crippen LogP contribution < -0.4 is 5.32 Å². The highest BCUT2D eigenvalue weighted by Gasteiger charge is 2.57. The molecule has 0 aromatic heterocycles. The van der Waals surface area contributed by atoms with Crippen LogP contribution in [0, 0.1) is 16.7 Å². The van der Waals surface area contributed by atoms with Crippen LogP contribution in [-0.2, 0) is 9.59 Å². The van der Waals surface area contributed by atoms with Gasteiger partial charge in [-0.25, -0.2) is 0 Å². The number of rotatable bonds is 6. The maximum absolute atomic E-state index is 12.3. The van der Waals surface area contributed by atoms with E-state index in [1.807, 2.05) is 20.8 Å². The summed E-state index contributed by atoms with van der Waals surface area (Å²) in [6, 6.07) is 1.98. The molecule has 1 rings (SSSR count). The Morgan fingerprint density at radius 1 is 1.42 bits per heavy atom. The molecule has 0 spiro atoms. The number of carbonyl (C=O) groups is 2. The molecule has 1 unspecified atom stereocenters. The van der Waals surface area contributed by atoms with Gasteiger partial charge in [-0.05, 0) is 33.1 Å². The molecule has 1 aliphatic rings. The summed E-state index contributed by atoms with van der Waals surface area (Å²) >= 11 is 0. The van der Waals surface area contributed by atoms with E-state index in [1.54, 1.807) is 11.9 Å². The molecule has 0 aliphatic heterocycles. The minimum atomic E-state index is -0.873. The Kier molecular flexibility index (Phi) is 4.93. The molecule has 0 bridgehead atoms. The van der Waals surface area contributed by atoms with E-state index < -0.39 is 5.41 Å². The largest absolute Gasteiger partial charge is 0.351 e. The van der Waals surface area contributed by atoms with Crippen LogP contribution in [0.1, 0.15) is 46.5 Å². The standard InChI is InChI=1S/C14H23N3O2/c1-5-11(6-9-15)16-12(18)14(7-8-14)13(19)17(4)10(2)3/h10-11H,5-8H2,1-4H3,(H,16,18). The highest BCUT2D eigenvalue weighted by atomic mass is 16.2. The average molecular weight is 265 g/mol. The molecule has 19 heavy (non-hydrogen) atoms. The first-order valence-electron chi connectivity index (χ1n) is 6.84. The van der Waals surface area contributed by atoms with E-state index in [0.29, 0.717) is 19.3 Å². The fourth-order valence-corrected chi connectivity index (χ4v) is 1.97. The Morgan fingerprint density at radius 2 is 2.00 bits per heavy atom. The third kappa shape index (κ3) is 3.25. The van der Waals surface area contributed by atoms with Crippen LogP contribution in [0.25, 0.3) is 0 Å². The molecule has 0 aromatic carbocycles. The Hall–Kier alpha value is -1.57. The highest BCUT2D eigenvalue weighted by molar-refractivity contribution is 6.07. The summed E-state index contributed by atoms with van der Waals surface area (Å²) in [5.41, 5.74) is -0.873. The zero-order chi connectivity index (χ0) is 14.6. The minimum Gasteiger partial charge on any atom is -0.351 e. The molecule has 2 amide bonds. The van der Waals surface area contributed by atoms with Gasteiger partial charge < -0.3 is 10.2 Å². The molecule has 5 nitrogen and oxygen atoms in total. The van der Waals surface area contributed by atoms with Crippen molar-refractivity contribution < 1.29 is 9.59 Å². The zero-order valence-electron chi connectivity index (χ0n) is 12.2. The SMILES string of the molecule is CCC(CC#N)NC(=O)C1(C(=O)N(C)C(C)C)CC1. The van der Waals surface area contributed by atoms with Gasteiger partial charge in [-0.3, -0.25) is 9.59 Å². The van der Waals surface area contributed by atoms with Gasteiger partial charge in [0.15, 0.2) is 0 Å². The Balaban J connectivity index is 2.71. The van der Waals surface area contributed by atoms with Crippen LogP contribution in [0.4, 0.5) is 0 Å². The molecule has 1 saturated carbocycles. The van der Waals surface area contributed by atoms with Crippen molar-refractivity contribution in [2.24, 2.45) is 5.41 Å². The molecule has 1 fully saturated rings. The van der Waals surface area contributed by atoms with Crippen LogP contribution in [0.3, 0.4) is 0 Å². The summed E-state index contributed by atoms with van der Waals surface area (Å²) in [5.74, 6) is -0.320. The van der Waals surface area contributed by atoms with Gasteiger partial charge in [-0.1, -0.05) is 6.92 Å². The summed E-state index contributed by atoms with van der Waals surface area (Å²) < 4.78 is 0. The number of nitrogens with one attached hydrogen (secondary N) is 1. The molecule has 1 N–H and O–H groups in total. The first-order chi connectivity index (χ1) is 8.89. The highest BCUT2D eigenvalue weighted by Crippen LogP contribution is 2.47. The fraction of sp³-hybridized carbons (Fsp3) is 0.786. The van der Waals surface area contributed by atoms with Gasteiger partial charge in [0, 0.05) is 19.1 Å². The normalized spacial score (nSPS) is 17.5. The van der Waals surface area contributed by atoms with Gasteiger partial charge in [0.1, 0.15) is 5.41 Å². The van der Waals surface area contributed by atoms with Crippen LogP contribution in [0.5, 0.6) is 0 Å². The summed E-state index contributed by atoms with van der Waals surface area (Å²) in [5, 5.41) is 11.5. The van der Waals surface area contributed by atoms with Crippen molar-refractivity contribution in [2.75, 3.05) is 7.05 Å². The number of hydrogen-bond acceptors (Lipinski definition) is 3. The molecular formula is C14H23N3O2. The first-order valence-corrected chi connectivity index (χ1v) is 6.84. The lowest BCUT2D eigenvalue weighted by Crippen LogP contribution is -2.48. The number of amides is 2. The predicted octanol–water partition coefficient (Wildman–Crippen LogP) is 1.44. The second kappa shape index (κ2) is 6.05. The molecule has 0 aromatic rings. The zero-order valence-corrected chi connectivity index (χ0v) is 12.2. The number of carbonyl (C=O) groups excluding carboxylic acids is 2. The van der Waals surface area contributed by atoms with Gasteiger partial charge in [0.05, 0.1) is 12.5 Å². The Labute approximate surface area is 115 Å². The van der Waals surface area contributed by atoms with E-state index >= 15 is 0 Å². The Morgan fingerprint density at radius 3 is 2.37 bits per heavy atom. The smallest absolute Gasteiger partial charge is 0.238 e. The molecule has 5 heteroatoms. The van der Waals surface area contributed by atoms with E-state index in [9.17, 15) is 9.59 Å². The van der Waals surface area contributed by atoms with Crippen molar-refractivity contribution in [3.63, 3.8) is 0 Å². The van der Waals surface area contributed by atoms with Gasteiger partial charge in [0.25, 0.3) is 0 Å². The van der Waals surface area contributed by atoms with Crippen molar-refractivity contribution in [1.82, 2.24) is 10.2 Å². The average Bonchev–Trinajstić information content (AvgIpc) is 3.17. The number of hydrogen-bond donors (Lipinski definition) is 1. The molecule has 0 radical (unpaired) electrons. The topological polar surface area (TPSA) is 73.2 Å². The van der Waals surface area contributed by atoms with E-state index in [2.05, 4.69) is 11.4 Å². The van der Waals surface area contributed by atoms with Crippen LogP contribution in [-0.4, -0.2) is 35.8 Å². The van der Waals surface area contributed by atoms with Crippen LogP contribution >= 0.6 is 0 Å². The van der Waals surface area contributed by atoms with Crippen molar-refractivity contribution >= 4 is 11.8 Å². The molecule has 0 heterocycles. The predicted molar refractivity (Wildman–Crippen MR) is 72.0 cm³/mol. The van der Waals surface area contributed by atoms with Crippen molar-refractivity contribution in [3.05, 3.63) is 0 Å². The van der Waals surface area contributed by atoms with Gasteiger partial charge in [-0.2, -0.15) is 5.26 Å². The maximum atomic E-state index is 12.3. The van der Waals surface area contributed by atoms with Gasteiger partial charge >= 0.3 is 0 Å². The third-order valence-electron chi connectivity index (χ3n) is 3.85. The quantitative estimate of drug-likeness (QED) is 0.739. The lowest BCUT2D eigenvalue weighted by atomic mass is 10.0. The number of nitriles is 1. The lowest BCUT2D eigenvalue weighted by Gasteiger charge is -2.27. The fourth-order valence-electron chi connectivity index (χ4n) is 1.97. The third-order valence-corrected chi connectivity index (χ3v) is 3.85. The molecule has 0 saturated heterocycles. The van der Waals surface area contributed by atoms with Crippen LogP contribution in [0.15, 0.2) is 0 Å². The number of nitrogens with zero attached hydrogens (tertiary/aromatic N) is 2. The van der Waals surface area contributed by atoms with Gasteiger partial charge in [-0.15, -0.1) is 0 Å². The second-order valence-corrected chi connectivity index (χ2v) is 5.53. The first kappa shape index (κ1) is 15.5. The summed E-state index contributed by atoms with van der Waals surface area (Å²) in [7, 11) is 1.73. The molecular weight excluding hydrogens is 242 g/mol. The summed E-state index contributed by atoms with van der Waals surface area (Å²) in [6.45, 7) is 5.77. The van der Waals surface area contributed by atoms with Crippen LogP contribution in [0.2, 0.25) is 0 Å². The monoisotopic (exact) mass is 265 g/mol. The van der Waals surface area contributed by atoms with Crippen molar-refractivity contribution in [2.45, 2.75) is 58.5 Å². The molecule has 1 aliphatic carbocycles. The summed E-state index contributed by atoms with van der Waals surface area (Å²) in [4.78, 5) is 26.2. The second-order valence-electron chi connectivity index (χ2n) is 5.53. The minimum absolute atomic E-state index is 0.0823. The van der Waals surface area contributed by atoms with Crippen molar-refractivity contribution in [1.29, 1.82) is 5.26 Å². The van der Waals surface area contributed by atoms with Crippen molar-refractivity contribution in [3.8, 4) is 6.07 Å². The maximum Gasteiger partial charge on any atom is 0.238 e. The summed E-state index contributed by atoms with van der Waals surface area (Å²) in [6.07, 6.45) is 2.20. The lowest BCUT2D eigenvalue weighted by molar-refractivity contribution is -0.144. The van der Waals surface area contributed by atoms with E-state index in [0.717, 1.165) is 0 Å². The molecule has 1 atom stereocenters. The Bertz CT molecular complexity index is 394. The molecule has 106 valence electrons. The van der Waals surface area contributed by atoms with E-state index in [4.69, 9.17) is 5.26 Å². The van der Waals surface area contributed by atoms with Gasteiger partial charge in [0.2, 0.25) is 11.8 Å².